The number of nitrogens with one attached hydrogen (secondary N) is 1. The van der Waals surface area contributed by atoms with Gasteiger partial charge in [-0.15, -0.1) is 0 Å². The average Bonchev–Trinajstić information content (AvgIpc) is 2.53. The third-order valence-electron chi connectivity index (χ3n) is 3.32. The Labute approximate surface area is 125 Å². The SMILES string of the molecule is CCc1ccc(S(=O)(=O)N[C@@H](CO)c2ccccc2)cc1. The molecule has 21 heavy (non-hydrogen) atoms. The van der Waals surface area contributed by atoms with E-state index in [0.29, 0.717) is 0 Å². The van der Waals surface area contributed by atoms with E-state index in [-0.39, 0.29) is 11.5 Å². The Bertz CT molecular complexity index is 666. The van der Waals surface area contributed by atoms with Gasteiger partial charge in [0.1, 0.15) is 0 Å². The van der Waals surface area contributed by atoms with Gasteiger partial charge in [-0.2, -0.15) is 0 Å². The molecule has 1 atom stereocenters. The molecule has 0 spiro atoms. The first kappa shape index (κ1) is 15.7. The second kappa shape index (κ2) is 6.85. The first-order valence-electron chi connectivity index (χ1n) is 6.84. The predicted octanol–water partition coefficient (Wildman–Crippen LogP) is 2.26. The van der Waals surface area contributed by atoms with E-state index in [2.05, 4.69) is 4.72 Å². The number of hydrogen-bond acceptors (Lipinski definition) is 3. The zero-order valence-electron chi connectivity index (χ0n) is 11.9. The zero-order valence-corrected chi connectivity index (χ0v) is 12.7. The molecule has 5 heteroatoms. The summed E-state index contributed by atoms with van der Waals surface area (Å²) in [5.74, 6) is 0. The zero-order chi connectivity index (χ0) is 15.3. The smallest absolute Gasteiger partial charge is 0.241 e. The minimum Gasteiger partial charge on any atom is -0.394 e. The van der Waals surface area contributed by atoms with Gasteiger partial charge in [0.15, 0.2) is 0 Å². The topological polar surface area (TPSA) is 66.4 Å². The maximum absolute atomic E-state index is 12.4. The molecule has 2 aromatic rings. The second-order valence-corrected chi connectivity index (χ2v) is 6.48. The van der Waals surface area contributed by atoms with E-state index in [1.165, 1.54) is 0 Å². The molecule has 0 heterocycles. The van der Waals surface area contributed by atoms with Crippen LogP contribution in [0.15, 0.2) is 59.5 Å². The van der Waals surface area contributed by atoms with Gasteiger partial charge in [-0.05, 0) is 29.7 Å². The van der Waals surface area contributed by atoms with Crippen molar-refractivity contribution in [2.75, 3.05) is 6.61 Å². The molecule has 0 aromatic heterocycles. The van der Waals surface area contributed by atoms with Crippen LogP contribution in [0.2, 0.25) is 0 Å². The lowest BCUT2D eigenvalue weighted by atomic mass is 10.1. The van der Waals surface area contributed by atoms with E-state index in [9.17, 15) is 13.5 Å². The van der Waals surface area contributed by atoms with Crippen LogP contribution >= 0.6 is 0 Å². The minimum absolute atomic E-state index is 0.203. The molecule has 0 aliphatic carbocycles. The van der Waals surface area contributed by atoms with Crippen LogP contribution in [0.3, 0.4) is 0 Å². The highest BCUT2D eigenvalue weighted by molar-refractivity contribution is 7.89. The summed E-state index contributed by atoms with van der Waals surface area (Å²) in [6, 6.07) is 15.1. The Morgan fingerprint density at radius 2 is 1.67 bits per heavy atom. The van der Waals surface area contributed by atoms with Crippen molar-refractivity contribution in [1.29, 1.82) is 0 Å². The van der Waals surface area contributed by atoms with Crippen LogP contribution in [0.4, 0.5) is 0 Å². The van der Waals surface area contributed by atoms with Gasteiger partial charge in [-0.3, -0.25) is 0 Å². The van der Waals surface area contributed by atoms with Crippen molar-refractivity contribution in [3.63, 3.8) is 0 Å². The molecular weight excluding hydrogens is 286 g/mol. The fourth-order valence-electron chi connectivity index (χ4n) is 2.06. The van der Waals surface area contributed by atoms with Crippen molar-refractivity contribution in [2.24, 2.45) is 0 Å². The van der Waals surface area contributed by atoms with Crippen molar-refractivity contribution < 1.29 is 13.5 Å². The number of sulfonamides is 1. The lowest BCUT2D eigenvalue weighted by Crippen LogP contribution is -2.30. The first-order chi connectivity index (χ1) is 10.1. The average molecular weight is 305 g/mol. The maximum atomic E-state index is 12.4. The fraction of sp³-hybridized carbons (Fsp3) is 0.250. The van der Waals surface area contributed by atoms with E-state index >= 15 is 0 Å². The van der Waals surface area contributed by atoms with Crippen LogP contribution in [-0.4, -0.2) is 20.1 Å². The molecule has 0 aliphatic rings. The van der Waals surface area contributed by atoms with Crippen LogP contribution in [0.5, 0.6) is 0 Å². The molecule has 0 amide bonds. The third kappa shape index (κ3) is 3.91. The van der Waals surface area contributed by atoms with Crippen molar-refractivity contribution in [3.05, 3.63) is 65.7 Å². The fourth-order valence-corrected chi connectivity index (χ4v) is 3.27. The molecule has 0 aliphatic heterocycles. The molecule has 2 rings (SSSR count). The summed E-state index contributed by atoms with van der Waals surface area (Å²) in [5.41, 5.74) is 1.81. The van der Waals surface area contributed by atoms with E-state index in [1.807, 2.05) is 25.1 Å². The molecule has 0 saturated heterocycles. The van der Waals surface area contributed by atoms with Crippen LogP contribution < -0.4 is 4.72 Å². The second-order valence-electron chi connectivity index (χ2n) is 4.76. The lowest BCUT2D eigenvalue weighted by Gasteiger charge is -2.17. The van der Waals surface area contributed by atoms with Crippen molar-refractivity contribution in [3.8, 4) is 0 Å². The Morgan fingerprint density at radius 3 is 2.19 bits per heavy atom. The number of aryl methyl sites for hydroxylation is 1. The summed E-state index contributed by atoms with van der Waals surface area (Å²) in [7, 11) is -3.65. The first-order valence-corrected chi connectivity index (χ1v) is 8.32. The monoisotopic (exact) mass is 305 g/mol. The highest BCUT2D eigenvalue weighted by atomic mass is 32.2. The largest absolute Gasteiger partial charge is 0.394 e. The molecule has 4 nitrogen and oxygen atoms in total. The van der Waals surface area contributed by atoms with Crippen LogP contribution in [0, 0.1) is 0 Å². The lowest BCUT2D eigenvalue weighted by molar-refractivity contribution is 0.259. The van der Waals surface area contributed by atoms with E-state index in [4.69, 9.17) is 0 Å². The van der Waals surface area contributed by atoms with Gasteiger partial charge >= 0.3 is 0 Å². The highest BCUT2D eigenvalue weighted by Crippen LogP contribution is 2.17. The summed E-state index contributed by atoms with van der Waals surface area (Å²) < 4.78 is 27.2. The van der Waals surface area contributed by atoms with Crippen LogP contribution in [0.25, 0.3) is 0 Å². The number of rotatable bonds is 6. The Morgan fingerprint density at radius 1 is 1.05 bits per heavy atom. The van der Waals surface area contributed by atoms with Gasteiger partial charge in [0.05, 0.1) is 17.5 Å². The highest BCUT2D eigenvalue weighted by Gasteiger charge is 2.20. The Balaban J connectivity index is 2.22. The van der Waals surface area contributed by atoms with E-state index in [1.54, 1.807) is 36.4 Å². The molecule has 0 fully saturated rings. The van der Waals surface area contributed by atoms with E-state index < -0.39 is 16.1 Å². The molecule has 0 unspecified atom stereocenters. The van der Waals surface area contributed by atoms with Crippen LogP contribution in [-0.2, 0) is 16.4 Å². The molecule has 0 saturated carbocycles. The third-order valence-corrected chi connectivity index (χ3v) is 4.81. The number of aliphatic hydroxyl groups excluding tert-OH is 1. The van der Waals surface area contributed by atoms with Gasteiger partial charge in [0.25, 0.3) is 0 Å². The predicted molar refractivity (Wildman–Crippen MR) is 82.4 cm³/mol. The summed E-state index contributed by atoms with van der Waals surface area (Å²) in [6.07, 6.45) is 0.858. The van der Waals surface area contributed by atoms with Crippen LogP contribution in [0.1, 0.15) is 24.1 Å². The number of benzene rings is 2. The molecule has 2 aromatic carbocycles. The molecular formula is C16H19NO3S. The summed E-state index contributed by atoms with van der Waals surface area (Å²) in [6.45, 7) is 1.72. The molecule has 112 valence electrons. The van der Waals surface area contributed by atoms with Gasteiger partial charge < -0.3 is 5.11 Å². The van der Waals surface area contributed by atoms with Crippen molar-refractivity contribution in [1.82, 2.24) is 4.72 Å². The number of aliphatic hydroxyl groups is 1. The Hall–Kier alpha value is -1.69. The quantitative estimate of drug-likeness (QED) is 0.860. The minimum atomic E-state index is -3.65. The maximum Gasteiger partial charge on any atom is 0.241 e. The standard InChI is InChI=1S/C16H19NO3S/c1-2-13-8-10-15(11-9-13)21(19,20)17-16(12-18)14-6-4-3-5-7-14/h3-11,16-18H,2,12H2,1H3/t16-/m0/s1. The summed E-state index contributed by atoms with van der Waals surface area (Å²) in [4.78, 5) is 0.203. The molecule has 0 radical (unpaired) electrons. The van der Waals surface area contributed by atoms with Gasteiger partial charge in [-0.1, -0.05) is 49.4 Å². The summed E-state index contributed by atoms with van der Waals surface area (Å²) in [5, 5.41) is 9.44. The molecule has 0 bridgehead atoms. The van der Waals surface area contributed by atoms with Crippen molar-refractivity contribution >= 4 is 10.0 Å². The van der Waals surface area contributed by atoms with Crippen molar-refractivity contribution in [2.45, 2.75) is 24.3 Å². The normalized spacial score (nSPS) is 13.0. The molecule has 2 N–H and O–H groups in total. The van der Waals surface area contributed by atoms with Gasteiger partial charge in [-0.25, -0.2) is 13.1 Å². The Kier molecular flexibility index (Phi) is 5.12. The number of hydrogen-bond donors (Lipinski definition) is 2. The van der Waals surface area contributed by atoms with Gasteiger partial charge in [0, 0.05) is 0 Å². The summed E-state index contributed by atoms with van der Waals surface area (Å²) >= 11 is 0. The van der Waals surface area contributed by atoms with Gasteiger partial charge in [0.2, 0.25) is 10.0 Å². The van der Waals surface area contributed by atoms with E-state index in [0.717, 1.165) is 17.5 Å².